The predicted octanol–water partition coefficient (Wildman–Crippen LogP) is 4.94. The molecule has 0 radical (unpaired) electrons. The number of nitro groups is 1. The van der Waals surface area contributed by atoms with Crippen LogP contribution in [-0.4, -0.2) is 4.92 Å². The lowest BCUT2D eigenvalue weighted by atomic mass is 9.94. The molecule has 0 saturated heterocycles. The third-order valence-corrected chi connectivity index (χ3v) is 4.91. The predicted molar refractivity (Wildman–Crippen MR) is 81.7 cm³/mol. The van der Waals surface area contributed by atoms with Gasteiger partial charge in [-0.2, -0.15) is 4.39 Å². The van der Waals surface area contributed by atoms with Crippen molar-refractivity contribution in [3.63, 3.8) is 0 Å². The zero-order valence-electron chi connectivity index (χ0n) is 10.9. The van der Waals surface area contributed by atoms with Gasteiger partial charge in [-0.1, -0.05) is 11.6 Å². The maximum Gasteiger partial charge on any atom is 0.306 e. The Bertz CT molecular complexity index is 704. The molecule has 1 atom stereocenters. The summed E-state index contributed by atoms with van der Waals surface area (Å²) < 4.78 is 14.1. The van der Waals surface area contributed by atoms with E-state index in [0.29, 0.717) is 5.69 Å². The summed E-state index contributed by atoms with van der Waals surface area (Å²) in [7, 11) is 0. The maximum absolute atomic E-state index is 13.4. The van der Waals surface area contributed by atoms with E-state index in [0.717, 1.165) is 35.2 Å². The van der Waals surface area contributed by atoms with Gasteiger partial charge in [0.2, 0.25) is 5.82 Å². The molecular formula is C14H12ClFN2O2S. The van der Waals surface area contributed by atoms with Crippen molar-refractivity contribution in [1.29, 1.82) is 0 Å². The van der Waals surface area contributed by atoms with E-state index in [1.807, 2.05) is 6.07 Å². The van der Waals surface area contributed by atoms with Crippen molar-refractivity contribution in [2.24, 2.45) is 0 Å². The number of nitrogens with one attached hydrogen (secondary N) is 1. The Morgan fingerprint density at radius 3 is 3.00 bits per heavy atom. The van der Waals surface area contributed by atoms with Crippen molar-refractivity contribution in [2.45, 2.75) is 25.3 Å². The van der Waals surface area contributed by atoms with Crippen LogP contribution in [0.25, 0.3) is 0 Å². The number of fused-ring (bicyclic) bond motifs is 1. The van der Waals surface area contributed by atoms with Crippen LogP contribution >= 0.6 is 22.9 Å². The first-order valence-corrected chi connectivity index (χ1v) is 7.72. The number of rotatable bonds is 3. The fraction of sp³-hybridized carbons (Fsp3) is 0.286. The molecule has 0 aliphatic heterocycles. The molecule has 1 unspecified atom stereocenters. The summed E-state index contributed by atoms with van der Waals surface area (Å²) in [6.07, 6.45) is 2.96. The molecular weight excluding hydrogens is 315 g/mol. The number of benzene rings is 1. The summed E-state index contributed by atoms with van der Waals surface area (Å²) in [6, 6.07) is 5.87. The first-order chi connectivity index (χ1) is 10.0. The summed E-state index contributed by atoms with van der Waals surface area (Å²) in [4.78, 5) is 11.3. The van der Waals surface area contributed by atoms with Crippen molar-refractivity contribution < 1.29 is 9.31 Å². The van der Waals surface area contributed by atoms with Gasteiger partial charge in [0.15, 0.2) is 0 Å². The minimum atomic E-state index is -0.825. The third kappa shape index (κ3) is 2.87. The van der Waals surface area contributed by atoms with E-state index in [1.54, 1.807) is 11.3 Å². The molecule has 110 valence electrons. The van der Waals surface area contributed by atoms with E-state index in [-0.39, 0.29) is 6.04 Å². The summed E-state index contributed by atoms with van der Waals surface area (Å²) >= 11 is 7.63. The largest absolute Gasteiger partial charge is 0.378 e. The smallest absolute Gasteiger partial charge is 0.306 e. The van der Waals surface area contributed by atoms with Gasteiger partial charge >= 0.3 is 5.69 Å². The first kappa shape index (κ1) is 14.3. The van der Waals surface area contributed by atoms with E-state index < -0.39 is 16.4 Å². The van der Waals surface area contributed by atoms with Crippen LogP contribution < -0.4 is 5.32 Å². The van der Waals surface area contributed by atoms with Crippen molar-refractivity contribution >= 4 is 34.3 Å². The van der Waals surface area contributed by atoms with Gasteiger partial charge in [0.25, 0.3) is 0 Å². The van der Waals surface area contributed by atoms with Gasteiger partial charge in [0.1, 0.15) is 0 Å². The van der Waals surface area contributed by atoms with Gasteiger partial charge in [0, 0.05) is 16.6 Å². The lowest BCUT2D eigenvalue weighted by Gasteiger charge is -2.24. The van der Waals surface area contributed by atoms with E-state index in [9.17, 15) is 14.5 Å². The highest BCUT2D eigenvalue weighted by Gasteiger charge is 2.23. The van der Waals surface area contributed by atoms with E-state index >= 15 is 0 Å². The molecule has 0 spiro atoms. The van der Waals surface area contributed by atoms with E-state index in [1.165, 1.54) is 17.0 Å². The van der Waals surface area contributed by atoms with Crippen molar-refractivity contribution in [3.8, 4) is 0 Å². The molecule has 1 aliphatic carbocycles. The number of anilines is 1. The monoisotopic (exact) mass is 326 g/mol. The molecule has 1 aromatic heterocycles. The highest BCUT2D eigenvalue weighted by molar-refractivity contribution is 7.16. The SMILES string of the molecule is O=[N+]([O-])c1cc(NC2CCCc3sc(Cl)cc32)ccc1F. The molecule has 1 N–H and O–H groups in total. The number of halogens is 2. The Morgan fingerprint density at radius 2 is 2.24 bits per heavy atom. The maximum atomic E-state index is 13.4. The van der Waals surface area contributed by atoms with Gasteiger partial charge < -0.3 is 5.32 Å². The van der Waals surface area contributed by atoms with Crippen LogP contribution in [0.5, 0.6) is 0 Å². The average Bonchev–Trinajstić information content (AvgIpc) is 2.82. The molecule has 0 amide bonds. The standard InChI is InChI=1S/C14H12ClFN2O2S/c15-14-7-9-11(2-1-3-13(9)21-14)17-8-4-5-10(16)12(6-8)18(19)20/h4-7,11,17H,1-3H2. The highest BCUT2D eigenvalue weighted by atomic mass is 35.5. The Kier molecular flexibility index (Phi) is 3.82. The molecule has 1 aromatic carbocycles. The first-order valence-electron chi connectivity index (χ1n) is 6.53. The van der Waals surface area contributed by atoms with Gasteiger partial charge in [-0.15, -0.1) is 11.3 Å². The van der Waals surface area contributed by atoms with Crippen molar-refractivity contribution in [3.05, 3.63) is 55.0 Å². The Balaban J connectivity index is 1.88. The molecule has 1 heterocycles. The van der Waals surface area contributed by atoms with Crippen LogP contribution in [-0.2, 0) is 6.42 Å². The minimum absolute atomic E-state index is 0.0579. The van der Waals surface area contributed by atoms with Crippen LogP contribution in [0, 0.1) is 15.9 Å². The van der Waals surface area contributed by atoms with Crippen LogP contribution in [0.3, 0.4) is 0 Å². The summed E-state index contributed by atoms with van der Waals surface area (Å²) in [5, 5.41) is 14.0. The minimum Gasteiger partial charge on any atom is -0.378 e. The third-order valence-electron chi connectivity index (χ3n) is 3.57. The topological polar surface area (TPSA) is 55.2 Å². The highest BCUT2D eigenvalue weighted by Crippen LogP contribution is 2.39. The van der Waals surface area contributed by atoms with Gasteiger partial charge in [-0.3, -0.25) is 10.1 Å². The second kappa shape index (κ2) is 5.61. The Labute approximate surface area is 129 Å². The lowest BCUT2D eigenvalue weighted by molar-refractivity contribution is -0.387. The zero-order valence-corrected chi connectivity index (χ0v) is 12.5. The molecule has 2 aromatic rings. The summed E-state index contributed by atoms with van der Waals surface area (Å²) in [5.74, 6) is -0.825. The van der Waals surface area contributed by atoms with Crippen LogP contribution in [0.4, 0.5) is 15.8 Å². The molecule has 21 heavy (non-hydrogen) atoms. The fourth-order valence-corrected chi connectivity index (χ4v) is 4.00. The Hall–Kier alpha value is -1.66. The molecule has 0 saturated carbocycles. The quantitative estimate of drug-likeness (QED) is 0.642. The van der Waals surface area contributed by atoms with Crippen molar-refractivity contribution in [2.75, 3.05) is 5.32 Å². The molecule has 7 heteroatoms. The molecule has 1 aliphatic rings. The number of hydrogen-bond acceptors (Lipinski definition) is 4. The second-order valence-electron chi connectivity index (χ2n) is 4.94. The number of nitrogens with zero attached hydrogens (tertiary/aromatic N) is 1. The van der Waals surface area contributed by atoms with E-state index in [2.05, 4.69) is 5.32 Å². The molecule has 0 bridgehead atoms. The van der Waals surface area contributed by atoms with Gasteiger partial charge in [-0.05, 0) is 43.0 Å². The molecule has 0 fully saturated rings. The lowest BCUT2D eigenvalue weighted by Crippen LogP contribution is -2.15. The fourth-order valence-electron chi connectivity index (χ4n) is 2.61. The Morgan fingerprint density at radius 1 is 1.43 bits per heavy atom. The van der Waals surface area contributed by atoms with Gasteiger partial charge in [-0.25, -0.2) is 0 Å². The van der Waals surface area contributed by atoms with Crippen molar-refractivity contribution in [1.82, 2.24) is 0 Å². The number of thiophene rings is 1. The van der Waals surface area contributed by atoms with Crippen LogP contribution in [0.1, 0.15) is 29.3 Å². The summed E-state index contributed by atoms with van der Waals surface area (Å²) in [6.45, 7) is 0. The normalized spacial score (nSPS) is 17.3. The van der Waals surface area contributed by atoms with Crippen LogP contribution in [0.15, 0.2) is 24.3 Å². The number of hydrogen-bond donors (Lipinski definition) is 1. The number of nitro benzene ring substituents is 1. The molecule has 4 nitrogen and oxygen atoms in total. The number of aryl methyl sites for hydroxylation is 1. The average molecular weight is 327 g/mol. The molecule has 3 rings (SSSR count). The van der Waals surface area contributed by atoms with Crippen LogP contribution in [0.2, 0.25) is 4.34 Å². The summed E-state index contributed by atoms with van der Waals surface area (Å²) in [5.41, 5.74) is 1.17. The second-order valence-corrected chi connectivity index (χ2v) is 6.71. The van der Waals surface area contributed by atoms with Gasteiger partial charge in [0.05, 0.1) is 15.3 Å². The van der Waals surface area contributed by atoms with E-state index in [4.69, 9.17) is 11.6 Å². The zero-order chi connectivity index (χ0) is 15.0.